The van der Waals surface area contributed by atoms with Crippen molar-refractivity contribution in [2.45, 2.75) is 0 Å². The van der Waals surface area contributed by atoms with Crippen LogP contribution in [0.1, 0.15) is 0 Å². The van der Waals surface area contributed by atoms with Crippen molar-refractivity contribution >= 4 is 23.2 Å². The van der Waals surface area contributed by atoms with E-state index in [4.69, 9.17) is 16.9 Å². The number of benzene rings is 1. The highest BCUT2D eigenvalue weighted by atomic mass is 35.5. The van der Waals surface area contributed by atoms with Gasteiger partial charge < -0.3 is 20.6 Å². The van der Waals surface area contributed by atoms with Crippen LogP contribution in [-0.4, -0.2) is 42.1 Å². The summed E-state index contributed by atoms with van der Waals surface area (Å²) in [4.78, 5) is 13.8. The number of carbonyl (C=O) groups is 1. The summed E-state index contributed by atoms with van der Waals surface area (Å²) >= 11 is 5.83. The van der Waals surface area contributed by atoms with Gasteiger partial charge in [0.15, 0.2) is 0 Å². The second kappa shape index (κ2) is 6.97. The van der Waals surface area contributed by atoms with E-state index in [1.165, 1.54) is 18.3 Å². The molecule has 0 aliphatic carbocycles. The normalized spacial score (nSPS) is 15.4. The second-order valence-electron chi connectivity index (χ2n) is 4.52. The number of amides is 1. The van der Waals surface area contributed by atoms with Gasteiger partial charge in [0.25, 0.3) is 5.91 Å². The zero-order valence-electron chi connectivity index (χ0n) is 11.3. The third-order valence-electron chi connectivity index (χ3n) is 3.09. The maximum Gasteiger partial charge on any atom is 0.266 e. The SMILES string of the molecule is N#C/C(=C/Nc1cc(Cl)ccc1O)C(=O)N1CCNCC1. The highest BCUT2D eigenvalue weighted by molar-refractivity contribution is 6.30. The summed E-state index contributed by atoms with van der Waals surface area (Å²) in [6.45, 7) is 2.57. The van der Waals surface area contributed by atoms with Crippen molar-refractivity contribution in [1.29, 1.82) is 5.26 Å². The minimum absolute atomic E-state index is 0.0115. The Hall–Kier alpha value is -2.23. The van der Waals surface area contributed by atoms with Gasteiger partial charge in [0.2, 0.25) is 0 Å². The van der Waals surface area contributed by atoms with Gasteiger partial charge in [-0.3, -0.25) is 4.79 Å². The lowest BCUT2D eigenvalue weighted by Crippen LogP contribution is -2.46. The molecule has 0 radical (unpaired) electrons. The van der Waals surface area contributed by atoms with Crippen molar-refractivity contribution in [2.75, 3.05) is 31.5 Å². The lowest BCUT2D eigenvalue weighted by Gasteiger charge is -2.27. The average Bonchev–Trinajstić information content (AvgIpc) is 2.51. The van der Waals surface area contributed by atoms with E-state index in [2.05, 4.69) is 10.6 Å². The molecule has 1 heterocycles. The number of anilines is 1. The van der Waals surface area contributed by atoms with E-state index in [-0.39, 0.29) is 17.2 Å². The number of rotatable bonds is 3. The van der Waals surface area contributed by atoms with Crippen molar-refractivity contribution in [3.8, 4) is 11.8 Å². The summed E-state index contributed by atoms with van der Waals surface area (Å²) < 4.78 is 0. The van der Waals surface area contributed by atoms with Gasteiger partial charge in [-0.25, -0.2) is 0 Å². The molecular formula is C14H15ClN4O2. The number of nitrogens with zero attached hydrogens (tertiary/aromatic N) is 2. The van der Waals surface area contributed by atoms with Crippen molar-refractivity contribution in [3.05, 3.63) is 35.0 Å². The summed E-state index contributed by atoms with van der Waals surface area (Å²) in [7, 11) is 0. The fourth-order valence-corrected chi connectivity index (χ4v) is 2.13. The molecule has 1 aromatic carbocycles. The first-order chi connectivity index (χ1) is 10.1. The Morgan fingerprint density at radius 2 is 2.19 bits per heavy atom. The monoisotopic (exact) mass is 306 g/mol. The van der Waals surface area contributed by atoms with Crippen LogP contribution in [0.2, 0.25) is 5.02 Å². The van der Waals surface area contributed by atoms with Crippen molar-refractivity contribution < 1.29 is 9.90 Å². The van der Waals surface area contributed by atoms with E-state index in [0.29, 0.717) is 36.9 Å². The molecule has 1 fully saturated rings. The molecule has 2 rings (SSSR count). The molecule has 0 spiro atoms. The number of phenols is 1. The van der Waals surface area contributed by atoms with E-state index in [9.17, 15) is 9.90 Å². The van der Waals surface area contributed by atoms with E-state index in [1.54, 1.807) is 11.0 Å². The summed E-state index contributed by atoms with van der Waals surface area (Å²) in [5, 5.41) is 25.1. The lowest BCUT2D eigenvalue weighted by atomic mass is 10.2. The first-order valence-corrected chi connectivity index (χ1v) is 6.85. The number of carbonyl (C=O) groups excluding carboxylic acids is 1. The molecule has 1 aromatic rings. The van der Waals surface area contributed by atoms with Crippen molar-refractivity contribution in [3.63, 3.8) is 0 Å². The number of hydrogen-bond acceptors (Lipinski definition) is 5. The van der Waals surface area contributed by atoms with Crippen molar-refractivity contribution in [1.82, 2.24) is 10.2 Å². The van der Waals surface area contributed by atoms with Crippen LogP contribution in [-0.2, 0) is 4.79 Å². The van der Waals surface area contributed by atoms with Crippen LogP contribution in [0.25, 0.3) is 0 Å². The number of phenolic OH excluding ortho intramolecular Hbond substituents is 1. The topological polar surface area (TPSA) is 88.4 Å². The first kappa shape index (κ1) is 15.2. The molecule has 110 valence electrons. The zero-order chi connectivity index (χ0) is 15.2. The van der Waals surface area contributed by atoms with Crippen LogP contribution in [0, 0.1) is 11.3 Å². The molecule has 7 heteroatoms. The van der Waals surface area contributed by atoms with Crippen LogP contribution in [0.5, 0.6) is 5.75 Å². The number of nitriles is 1. The Balaban J connectivity index is 2.11. The fraction of sp³-hybridized carbons (Fsp3) is 0.286. The van der Waals surface area contributed by atoms with Gasteiger partial charge >= 0.3 is 0 Å². The third-order valence-corrected chi connectivity index (χ3v) is 3.32. The minimum atomic E-state index is -0.326. The third kappa shape index (κ3) is 3.88. The molecule has 6 nitrogen and oxygen atoms in total. The Labute approximate surface area is 127 Å². The van der Waals surface area contributed by atoms with Gasteiger partial charge in [-0.2, -0.15) is 5.26 Å². The van der Waals surface area contributed by atoms with E-state index >= 15 is 0 Å². The number of piperazine rings is 1. The van der Waals surface area contributed by atoms with Crippen LogP contribution < -0.4 is 10.6 Å². The first-order valence-electron chi connectivity index (χ1n) is 6.47. The summed E-state index contributed by atoms with van der Waals surface area (Å²) in [6.07, 6.45) is 1.29. The molecule has 0 unspecified atom stereocenters. The Kier molecular flexibility index (Phi) is 5.04. The van der Waals surface area contributed by atoms with Gasteiger partial charge in [-0.1, -0.05) is 11.6 Å². The lowest BCUT2D eigenvalue weighted by molar-refractivity contribution is -0.127. The molecule has 1 aliphatic heterocycles. The summed E-state index contributed by atoms with van der Waals surface area (Å²) in [5.74, 6) is -0.337. The molecule has 1 saturated heterocycles. The average molecular weight is 307 g/mol. The molecule has 3 N–H and O–H groups in total. The minimum Gasteiger partial charge on any atom is -0.506 e. The zero-order valence-corrected chi connectivity index (χ0v) is 12.0. The maximum atomic E-state index is 12.2. The largest absolute Gasteiger partial charge is 0.506 e. The standard InChI is InChI=1S/C14H15ClN4O2/c15-11-1-2-13(20)12(7-11)18-9-10(8-16)14(21)19-5-3-17-4-6-19/h1-2,7,9,17-18,20H,3-6H2/b10-9-. The number of halogens is 1. The highest BCUT2D eigenvalue weighted by Gasteiger charge is 2.20. The van der Waals surface area contributed by atoms with Gasteiger partial charge in [-0.05, 0) is 18.2 Å². The molecule has 21 heavy (non-hydrogen) atoms. The van der Waals surface area contributed by atoms with Gasteiger partial charge in [-0.15, -0.1) is 0 Å². The van der Waals surface area contributed by atoms with Gasteiger partial charge in [0, 0.05) is 37.4 Å². The quantitative estimate of drug-likeness (QED) is 0.445. The highest BCUT2D eigenvalue weighted by Crippen LogP contribution is 2.26. The van der Waals surface area contributed by atoms with Crippen LogP contribution in [0.3, 0.4) is 0 Å². The number of aromatic hydroxyl groups is 1. The molecular weight excluding hydrogens is 292 g/mol. The fourth-order valence-electron chi connectivity index (χ4n) is 1.95. The van der Waals surface area contributed by atoms with Crippen LogP contribution in [0.4, 0.5) is 5.69 Å². The molecule has 0 atom stereocenters. The van der Waals surface area contributed by atoms with Crippen molar-refractivity contribution in [2.24, 2.45) is 0 Å². The molecule has 1 aliphatic rings. The molecule has 0 aromatic heterocycles. The van der Waals surface area contributed by atoms with E-state index in [0.717, 1.165) is 0 Å². The number of hydrogen-bond donors (Lipinski definition) is 3. The predicted octanol–water partition coefficient (Wildman–Crippen LogP) is 1.30. The van der Waals surface area contributed by atoms with Crippen LogP contribution >= 0.6 is 11.6 Å². The van der Waals surface area contributed by atoms with Crippen LogP contribution in [0.15, 0.2) is 30.0 Å². The Bertz CT molecular complexity index is 603. The van der Waals surface area contributed by atoms with E-state index < -0.39 is 0 Å². The van der Waals surface area contributed by atoms with Gasteiger partial charge in [0.1, 0.15) is 17.4 Å². The molecule has 0 saturated carbocycles. The molecule has 0 bridgehead atoms. The molecule has 1 amide bonds. The predicted molar refractivity (Wildman–Crippen MR) is 79.9 cm³/mol. The summed E-state index contributed by atoms with van der Waals surface area (Å²) in [6, 6.07) is 6.37. The Morgan fingerprint density at radius 3 is 2.86 bits per heavy atom. The smallest absolute Gasteiger partial charge is 0.266 e. The summed E-state index contributed by atoms with van der Waals surface area (Å²) in [5.41, 5.74) is 0.319. The van der Waals surface area contributed by atoms with E-state index in [1.807, 2.05) is 6.07 Å². The van der Waals surface area contributed by atoms with Gasteiger partial charge in [0.05, 0.1) is 5.69 Å². The second-order valence-corrected chi connectivity index (χ2v) is 4.95. The maximum absolute atomic E-state index is 12.2. The number of nitrogens with one attached hydrogen (secondary N) is 2. The Morgan fingerprint density at radius 1 is 1.48 bits per heavy atom.